The number of nitrogens with two attached hydrogens (primary N) is 1. The van der Waals surface area contributed by atoms with Gasteiger partial charge in [0.15, 0.2) is 5.16 Å². The van der Waals surface area contributed by atoms with Crippen molar-refractivity contribution in [3.8, 4) is 16.9 Å². The molecule has 0 saturated carbocycles. The van der Waals surface area contributed by atoms with Crippen LogP contribution in [0.3, 0.4) is 0 Å². The van der Waals surface area contributed by atoms with Crippen molar-refractivity contribution in [2.24, 2.45) is 0 Å². The van der Waals surface area contributed by atoms with Gasteiger partial charge >= 0.3 is 0 Å². The Kier molecular flexibility index (Phi) is 5.63. The van der Waals surface area contributed by atoms with E-state index < -0.39 is 0 Å². The van der Waals surface area contributed by atoms with Gasteiger partial charge in [0, 0.05) is 5.75 Å². The molecule has 26 heavy (non-hydrogen) atoms. The lowest BCUT2D eigenvalue weighted by Crippen LogP contribution is -2.15. The second kappa shape index (κ2) is 8.10. The van der Waals surface area contributed by atoms with E-state index in [-0.39, 0.29) is 11.4 Å². The standard InChI is InChI=1S/C20H21N3O2S/c1-13-8-9-14(2)16(12-13)25-10-11-26-20-22-18(21)17(19(24)23-20)15-6-4-3-5-7-15/h3-9,12H,10-11H2,1-2H3,(H3,21,22,23,24). The largest absolute Gasteiger partial charge is 0.492 e. The molecule has 0 spiro atoms. The van der Waals surface area contributed by atoms with E-state index in [1.54, 1.807) is 0 Å². The molecule has 0 radical (unpaired) electrons. The van der Waals surface area contributed by atoms with Crippen LogP contribution in [-0.4, -0.2) is 22.3 Å². The van der Waals surface area contributed by atoms with Crippen molar-refractivity contribution in [2.45, 2.75) is 19.0 Å². The van der Waals surface area contributed by atoms with Gasteiger partial charge in [0.2, 0.25) is 0 Å². The number of H-pyrrole nitrogens is 1. The molecule has 3 rings (SSSR count). The zero-order chi connectivity index (χ0) is 18.5. The van der Waals surface area contributed by atoms with Crippen LogP contribution in [0.15, 0.2) is 58.5 Å². The number of anilines is 1. The van der Waals surface area contributed by atoms with Gasteiger partial charge in [-0.05, 0) is 36.6 Å². The summed E-state index contributed by atoms with van der Waals surface area (Å²) in [4.78, 5) is 19.5. The highest BCUT2D eigenvalue weighted by molar-refractivity contribution is 7.99. The molecule has 134 valence electrons. The fourth-order valence-electron chi connectivity index (χ4n) is 2.57. The Morgan fingerprint density at radius 1 is 1.15 bits per heavy atom. The van der Waals surface area contributed by atoms with E-state index in [0.717, 1.165) is 22.4 Å². The molecule has 1 aromatic heterocycles. The average Bonchev–Trinajstić information content (AvgIpc) is 2.62. The first-order valence-corrected chi connectivity index (χ1v) is 9.31. The Hall–Kier alpha value is -2.73. The Morgan fingerprint density at radius 2 is 1.92 bits per heavy atom. The molecular formula is C20H21N3O2S. The van der Waals surface area contributed by atoms with Gasteiger partial charge in [0.1, 0.15) is 11.6 Å². The van der Waals surface area contributed by atoms with Crippen molar-refractivity contribution < 1.29 is 4.74 Å². The molecule has 1 heterocycles. The number of thioether (sulfide) groups is 1. The van der Waals surface area contributed by atoms with E-state index in [4.69, 9.17) is 10.5 Å². The average molecular weight is 367 g/mol. The number of aromatic amines is 1. The van der Waals surface area contributed by atoms with Crippen LogP contribution in [0.4, 0.5) is 5.82 Å². The highest BCUT2D eigenvalue weighted by Gasteiger charge is 2.11. The molecule has 6 heteroatoms. The van der Waals surface area contributed by atoms with Crippen molar-refractivity contribution in [3.63, 3.8) is 0 Å². The molecule has 0 aliphatic carbocycles. The van der Waals surface area contributed by atoms with Crippen molar-refractivity contribution in [3.05, 3.63) is 70.0 Å². The quantitative estimate of drug-likeness (QED) is 0.393. The van der Waals surface area contributed by atoms with E-state index in [9.17, 15) is 4.79 Å². The summed E-state index contributed by atoms with van der Waals surface area (Å²) in [5.41, 5.74) is 9.20. The van der Waals surface area contributed by atoms with Crippen molar-refractivity contribution in [2.75, 3.05) is 18.1 Å². The van der Waals surface area contributed by atoms with E-state index >= 15 is 0 Å². The number of aromatic nitrogens is 2. The second-order valence-corrected chi connectivity index (χ2v) is 7.05. The van der Waals surface area contributed by atoms with Crippen LogP contribution in [0.25, 0.3) is 11.1 Å². The number of benzene rings is 2. The van der Waals surface area contributed by atoms with Crippen molar-refractivity contribution in [1.29, 1.82) is 0 Å². The smallest absolute Gasteiger partial charge is 0.261 e. The number of nitrogens with zero attached hydrogens (tertiary/aromatic N) is 1. The molecule has 0 amide bonds. The van der Waals surface area contributed by atoms with E-state index in [1.807, 2.05) is 56.3 Å². The summed E-state index contributed by atoms with van der Waals surface area (Å²) in [6, 6.07) is 15.4. The van der Waals surface area contributed by atoms with Gasteiger partial charge in [-0.1, -0.05) is 54.2 Å². The summed E-state index contributed by atoms with van der Waals surface area (Å²) in [7, 11) is 0. The molecule has 3 N–H and O–H groups in total. The predicted octanol–water partition coefficient (Wildman–Crippen LogP) is 3.81. The fraction of sp³-hybridized carbons (Fsp3) is 0.200. The van der Waals surface area contributed by atoms with E-state index in [1.165, 1.54) is 11.8 Å². The molecule has 0 saturated heterocycles. The van der Waals surface area contributed by atoms with E-state index in [2.05, 4.69) is 16.0 Å². The molecule has 0 aliphatic heterocycles. The Labute approximate surface area is 156 Å². The highest BCUT2D eigenvalue weighted by Crippen LogP contribution is 2.23. The third kappa shape index (κ3) is 4.26. The van der Waals surface area contributed by atoms with Crippen LogP contribution >= 0.6 is 11.8 Å². The van der Waals surface area contributed by atoms with Crippen LogP contribution in [0.5, 0.6) is 5.75 Å². The Balaban J connectivity index is 1.64. The minimum absolute atomic E-state index is 0.234. The maximum absolute atomic E-state index is 12.4. The normalized spacial score (nSPS) is 10.7. The van der Waals surface area contributed by atoms with E-state index in [0.29, 0.717) is 23.1 Å². The molecule has 0 fully saturated rings. The SMILES string of the molecule is Cc1ccc(C)c(OCCSc2nc(N)c(-c3ccccc3)c(=O)[nH]2)c1. The Morgan fingerprint density at radius 3 is 2.65 bits per heavy atom. The third-order valence-electron chi connectivity index (χ3n) is 3.91. The summed E-state index contributed by atoms with van der Waals surface area (Å²) < 4.78 is 5.82. The number of nitrogen functional groups attached to an aromatic ring is 1. The molecule has 0 aliphatic rings. The van der Waals surface area contributed by atoms with Gasteiger partial charge in [-0.15, -0.1) is 0 Å². The number of ether oxygens (including phenoxy) is 1. The first-order valence-electron chi connectivity index (χ1n) is 8.32. The lowest BCUT2D eigenvalue weighted by atomic mass is 10.1. The molecule has 0 bridgehead atoms. The highest BCUT2D eigenvalue weighted by atomic mass is 32.2. The monoisotopic (exact) mass is 367 g/mol. The summed E-state index contributed by atoms with van der Waals surface area (Å²) >= 11 is 1.41. The summed E-state index contributed by atoms with van der Waals surface area (Å²) in [5.74, 6) is 1.77. The van der Waals surface area contributed by atoms with Crippen LogP contribution in [-0.2, 0) is 0 Å². The number of hydrogen-bond acceptors (Lipinski definition) is 5. The maximum atomic E-state index is 12.4. The first-order chi connectivity index (χ1) is 12.5. The second-order valence-electron chi connectivity index (χ2n) is 5.96. The number of rotatable bonds is 6. The summed E-state index contributed by atoms with van der Waals surface area (Å²) in [5, 5.41) is 0.497. The zero-order valence-electron chi connectivity index (χ0n) is 14.8. The number of hydrogen-bond donors (Lipinski definition) is 2. The van der Waals surface area contributed by atoms with Crippen molar-refractivity contribution >= 4 is 17.6 Å². The van der Waals surface area contributed by atoms with Crippen LogP contribution < -0.4 is 16.0 Å². The predicted molar refractivity (Wildman–Crippen MR) is 107 cm³/mol. The zero-order valence-corrected chi connectivity index (χ0v) is 15.6. The van der Waals surface area contributed by atoms with Gasteiger partial charge in [0.05, 0.1) is 12.2 Å². The lowest BCUT2D eigenvalue weighted by molar-refractivity contribution is 0.341. The molecule has 3 aromatic rings. The van der Waals surface area contributed by atoms with Crippen molar-refractivity contribution in [1.82, 2.24) is 9.97 Å². The van der Waals surface area contributed by atoms with Crippen LogP contribution in [0.2, 0.25) is 0 Å². The van der Waals surface area contributed by atoms with Crippen LogP contribution in [0.1, 0.15) is 11.1 Å². The van der Waals surface area contributed by atoms with Crippen LogP contribution in [0, 0.1) is 13.8 Å². The maximum Gasteiger partial charge on any atom is 0.261 e. The lowest BCUT2D eigenvalue weighted by Gasteiger charge is -2.10. The molecular weight excluding hydrogens is 346 g/mol. The van der Waals surface area contributed by atoms with Gasteiger partial charge in [-0.3, -0.25) is 4.79 Å². The minimum Gasteiger partial charge on any atom is -0.492 e. The third-order valence-corrected chi connectivity index (χ3v) is 4.75. The van der Waals surface area contributed by atoms with Gasteiger partial charge in [-0.25, -0.2) is 4.98 Å². The first kappa shape index (κ1) is 18.1. The molecule has 2 aromatic carbocycles. The molecule has 5 nitrogen and oxygen atoms in total. The summed E-state index contributed by atoms with van der Waals surface area (Å²) in [6.45, 7) is 4.57. The van der Waals surface area contributed by atoms with Gasteiger partial charge < -0.3 is 15.5 Å². The molecule has 0 atom stereocenters. The molecule has 0 unspecified atom stereocenters. The number of aryl methyl sites for hydroxylation is 2. The topological polar surface area (TPSA) is 81.0 Å². The van der Waals surface area contributed by atoms with Gasteiger partial charge in [0.25, 0.3) is 5.56 Å². The minimum atomic E-state index is -0.235. The van der Waals surface area contributed by atoms with Gasteiger partial charge in [-0.2, -0.15) is 0 Å². The number of nitrogens with one attached hydrogen (secondary N) is 1. The fourth-order valence-corrected chi connectivity index (χ4v) is 3.26. The summed E-state index contributed by atoms with van der Waals surface area (Å²) in [6.07, 6.45) is 0. The Bertz CT molecular complexity index is 955.